The molecule has 0 aliphatic heterocycles. The first kappa shape index (κ1) is 27.3. The number of benzene rings is 4. The van der Waals surface area contributed by atoms with E-state index in [0.29, 0.717) is 19.8 Å². The molecule has 10 rings (SSSR count). The molecule has 0 saturated heterocycles. The summed E-state index contributed by atoms with van der Waals surface area (Å²) in [5.41, 5.74) is 0. The quantitative estimate of drug-likeness (QED) is 0.170. The number of fused-ring (bicyclic) bond motifs is 6. The molecule has 0 atom stereocenters. The normalized spacial score (nSPS) is 12.3. The smallest absolute Gasteiger partial charge is 0.205 e. The Morgan fingerprint density at radius 2 is 0.696 bits per heavy atom. The Balaban J connectivity index is 1.01. The average Bonchev–Trinajstić information content (AvgIpc) is 3.85. The SMILES string of the molecule is Fc1cc2cc3cc4sc(-c5sc(-c6nc(F)c(-c7cc8cc9cc%10sc(F)cc%10cc9cc8s7)s6)nc5F)cc4cc3cc2s1. The molecule has 0 aliphatic rings. The van der Waals surface area contributed by atoms with Crippen LogP contribution in [-0.2, 0) is 0 Å². The van der Waals surface area contributed by atoms with E-state index >= 15 is 8.78 Å². The van der Waals surface area contributed by atoms with E-state index in [1.54, 1.807) is 12.1 Å². The zero-order valence-corrected chi connectivity index (χ0v) is 27.7. The van der Waals surface area contributed by atoms with Gasteiger partial charge in [0.15, 0.2) is 20.3 Å². The summed E-state index contributed by atoms with van der Waals surface area (Å²) in [5, 5.41) is 7.85. The van der Waals surface area contributed by atoms with Gasteiger partial charge in [-0.05, 0) is 116 Å². The van der Waals surface area contributed by atoms with Gasteiger partial charge >= 0.3 is 0 Å². The second-order valence-electron chi connectivity index (χ2n) is 10.9. The Kier molecular flexibility index (Phi) is 5.86. The Hall–Kier alpha value is -3.78. The molecule has 0 fully saturated rings. The number of halogens is 4. The lowest BCUT2D eigenvalue weighted by Crippen LogP contribution is -1.78. The number of hydrogen-bond acceptors (Lipinski definition) is 8. The van der Waals surface area contributed by atoms with Gasteiger partial charge in [0.25, 0.3) is 0 Å². The largest absolute Gasteiger partial charge is 0.233 e. The van der Waals surface area contributed by atoms with E-state index in [9.17, 15) is 8.78 Å². The number of thiophene rings is 4. The van der Waals surface area contributed by atoms with E-state index in [2.05, 4.69) is 9.97 Å². The standard InChI is InChI=1S/C34H12F4N2S6/c35-27-11-19-3-15-5-21-17(1-13(15)7-23(19)43-27)9-25(41-21)29-31(37)39-33(45-29)34-40-32(38)30(46-34)26-10-18-2-14-8-24-20(12-28(36)44-24)4-16(14)6-22(18)42-26/h1-12H. The first-order valence-corrected chi connectivity index (χ1v) is 18.7. The van der Waals surface area contributed by atoms with Gasteiger partial charge in [-0.3, -0.25) is 0 Å². The minimum absolute atomic E-state index is 0.213. The highest BCUT2D eigenvalue weighted by Gasteiger charge is 2.22. The zero-order chi connectivity index (χ0) is 30.8. The molecule has 0 radical (unpaired) electrons. The molecular weight excluding hydrogens is 705 g/mol. The topological polar surface area (TPSA) is 25.8 Å². The monoisotopic (exact) mass is 716 g/mol. The number of nitrogens with zero attached hydrogens (tertiary/aromatic N) is 2. The van der Waals surface area contributed by atoms with Gasteiger partial charge < -0.3 is 0 Å². The number of rotatable bonds is 3. The molecule has 0 unspecified atom stereocenters. The Labute approximate surface area is 280 Å². The van der Waals surface area contributed by atoms with E-state index in [0.717, 1.165) is 117 Å². The second-order valence-corrected chi connectivity index (χ2v) is 17.1. The van der Waals surface area contributed by atoms with Crippen molar-refractivity contribution in [1.82, 2.24) is 9.97 Å². The van der Waals surface area contributed by atoms with Crippen LogP contribution in [0, 0.1) is 22.2 Å². The van der Waals surface area contributed by atoms with E-state index in [-0.39, 0.29) is 10.3 Å². The first-order valence-electron chi connectivity index (χ1n) is 13.8. The molecule has 6 aromatic heterocycles. The highest BCUT2D eigenvalue weighted by atomic mass is 32.1. The van der Waals surface area contributed by atoms with Crippen molar-refractivity contribution < 1.29 is 17.6 Å². The van der Waals surface area contributed by atoms with Crippen molar-refractivity contribution in [3.05, 3.63) is 95.0 Å². The fourth-order valence-electron chi connectivity index (χ4n) is 5.90. The highest BCUT2D eigenvalue weighted by Crippen LogP contribution is 2.46. The molecule has 46 heavy (non-hydrogen) atoms. The molecule has 0 spiro atoms. The van der Waals surface area contributed by atoms with Crippen LogP contribution in [0.4, 0.5) is 17.6 Å². The van der Waals surface area contributed by atoms with Crippen molar-refractivity contribution in [3.63, 3.8) is 0 Å². The van der Waals surface area contributed by atoms with Crippen LogP contribution in [0.5, 0.6) is 0 Å². The summed E-state index contributed by atoms with van der Waals surface area (Å²) < 4.78 is 61.9. The van der Waals surface area contributed by atoms with Crippen molar-refractivity contribution in [2.24, 2.45) is 0 Å². The zero-order valence-electron chi connectivity index (χ0n) is 22.8. The molecule has 10 aromatic rings. The molecule has 12 heteroatoms. The molecule has 0 bridgehead atoms. The molecule has 4 aromatic carbocycles. The third-order valence-electron chi connectivity index (χ3n) is 7.96. The predicted molar refractivity (Wildman–Crippen MR) is 190 cm³/mol. The molecule has 0 saturated carbocycles. The Bertz CT molecular complexity index is 2550. The maximum absolute atomic E-state index is 15.3. The minimum Gasteiger partial charge on any atom is -0.205 e. The van der Waals surface area contributed by atoms with Crippen LogP contribution in [0.25, 0.3) is 91.4 Å². The molecule has 0 N–H and O–H groups in total. The van der Waals surface area contributed by atoms with Crippen LogP contribution >= 0.6 is 68.0 Å². The van der Waals surface area contributed by atoms with Gasteiger partial charge in [-0.15, -0.1) is 68.0 Å². The maximum atomic E-state index is 15.3. The number of thiazole rings is 2. The summed E-state index contributed by atoms with van der Waals surface area (Å²) in [4.78, 5) is 10.6. The molecule has 0 aliphatic carbocycles. The van der Waals surface area contributed by atoms with Crippen molar-refractivity contribution in [3.8, 4) is 29.5 Å². The van der Waals surface area contributed by atoms with Crippen LogP contribution in [0.15, 0.2) is 72.8 Å². The third-order valence-corrected chi connectivity index (χ3v) is 14.5. The summed E-state index contributed by atoms with van der Waals surface area (Å²) in [5.74, 6) is -1.23. The summed E-state index contributed by atoms with van der Waals surface area (Å²) in [6.07, 6.45) is 0. The average molecular weight is 717 g/mol. The molecule has 6 heterocycles. The van der Waals surface area contributed by atoms with Gasteiger partial charge in [-0.25, -0.2) is 9.97 Å². The maximum Gasteiger partial charge on any atom is 0.233 e. The summed E-state index contributed by atoms with van der Waals surface area (Å²) in [6, 6.07) is 23.1. The summed E-state index contributed by atoms with van der Waals surface area (Å²) in [7, 11) is 0. The lowest BCUT2D eigenvalue weighted by Gasteiger charge is -1.99. The summed E-state index contributed by atoms with van der Waals surface area (Å²) in [6.45, 7) is 0. The highest BCUT2D eigenvalue weighted by molar-refractivity contribution is 7.30. The van der Waals surface area contributed by atoms with Gasteiger partial charge in [0.05, 0.1) is 9.75 Å². The van der Waals surface area contributed by atoms with Crippen molar-refractivity contribution in [2.75, 3.05) is 0 Å². The van der Waals surface area contributed by atoms with Gasteiger partial charge in [0, 0.05) is 18.8 Å². The van der Waals surface area contributed by atoms with Gasteiger partial charge in [0.2, 0.25) is 11.9 Å². The molecule has 222 valence electrons. The molecule has 2 nitrogen and oxygen atoms in total. The third kappa shape index (κ3) is 4.28. The molecule has 0 amide bonds. The second kappa shape index (κ2) is 9.86. The fourth-order valence-corrected chi connectivity index (χ4v) is 11.8. The van der Waals surface area contributed by atoms with Crippen molar-refractivity contribution in [2.45, 2.75) is 0 Å². The van der Waals surface area contributed by atoms with E-state index in [1.165, 1.54) is 22.7 Å². The summed E-state index contributed by atoms with van der Waals surface area (Å²) >= 11 is 7.48. The lowest BCUT2D eigenvalue weighted by atomic mass is 10.1. The lowest BCUT2D eigenvalue weighted by molar-refractivity contribution is 0.592. The van der Waals surface area contributed by atoms with E-state index in [1.807, 2.05) is 60.7 Å². The van der Waals surface area contributed by atoms with Gasteiger partial charge in [0.1, 0.15) is 9.75 Å². The predicted octanol–water partition coefficient (Wildman–Crippen LogP) is 13.3. The van der Waals surface area contributed by atoms with Gasteiger partial charge in [-0.1, -0.05) is 0 Å². The van der Waals surface area contributed by atoms with Crippen molar-refractivity contribution in [1.29, 1.82) is 0 Å². The van der Waals surface area contributed by atoms with Gasteiger partial charge in [-0.2, -0.15) is 17.6 Å². The number of aromatic nitrogens is 2. The van der Waals surface area contributed by atoms with Crippen LogP contribution in [-0.4, -0.2) is 9.97 Å². The van der Waals surface area contributed by atoms with E-state index in [4.69, 9.17) is 0 Å². The fraction of sp³-hybridized carbons (Fsp3) is 0. The van der Waals surface area contributed by atoms with Crippen LogP contribution in [0.2, 0.25) is 0 Å². The van der Waals surface area contributed by atoms with Crippen LogP contribution in [0.3, 0.4) is 0 Å². The number of hydrogen-bond donors (Lipinski definition) is 0. The minimum atomic E-state index is -0.613. The van der Waals surface area contributed by atoms with Crippen LogP contribution in [0.1, 0.15) is 0 Å². The first-order chi connectivity index (χ1) is 22.3. The van der Waals surface area contributed by atoms with E-state index < -0.39 is 11.9 Å². The molecular formula is C34H12F4N2S6. The van der Waals surface area contributed by atoms with Crippen molar-refractivity contribution >= 4 is 130 Å². The Morgan fingerprint density at radius 1 is 0.348 bits per heavy atom. The van der Waals surface area contributed by atoms with Crippen LogP contribution < -0.4 is 0 Å². The Morgan fingerprint density at radius 3 is 1.09 bits per heavy atom.